The molecule has 0 aromatic rings. The molecule has 6 aliphatic rings. The van der Waals surface area contributed by atoms with Crippen molar-refractivity contribution in [3.05, 3.63) is 0 Å². The molecule has 6 fully saturated rings. The number of imide groups is 1. The topological polar surface area (TPSA) is 95.6 Å². The van der Waals surface area contributed by atoms with E-state index in [1.165, 1.54) is 35.9 Å². The van der Waals surface area contributed by atoms with Crippen LogP contribution in [-0.4, -0.2) is 46.6 Å². The van der Waals surface area contributed by atoms with Gasteiger partial charge in [-0.3, -0.25) is 34.9 Å². The summed E-state index contributed by atoms with van der Waals surface area (Å²) in [6, 6.07) is -0.878. The van der Waals surface area contributed by atoms with Crippen LogP contribution in [0.3, 0.4) is 0 Å². The molecular weight excluding hydrogens is 414 g/mol. The number of likely N-dealkylation sites (tertiary alicyclic amines) is 1. The summed E-state index contributed by atoms with van der Waals surface area (Å²) in [6.07, 6.45) is 11.7. The predicted molar refractivity (Wildman–Crippen MR) is 116 cm³/mol. The summed E-state index contributed by atoms with van der Waals surface area (Å²) in [4.78, 5) is 53.4. The van der Waals surface area contributed by atoms with Gasteiger partial charge in [0.1, 0.15) is 6.04 Å². The normalized spacial score (nSPS) is 39.4. The predicted octanol–water partition coefficient (Wildman–Crippen LogP) is 2.26. The highest BCUT2D eigenvalue weighted by Crippen LogP contribution is 2.60. The highest BCUT2D eigenvalue weighted by atomic mass is 32.2. The highest BCUT2D eigenvalue weighted by molar-refractivity contribution is 7.98. The second-order valence-electron chi connectivity index (χ2n) is 10.7. The van der Waals surface area contributed by atoms with E-state index in [-0.39, 0.29) is 35.0 Å². The molecule has 3 atom stereocenters. The summed E-state index contributed by atoms with van der Waals surface area (Å²) in [7, 11) is 0. The smallest absolute Gasteiger partial charge is 0.262 e. The minimum absolute atomic E-state index is 0.0874. The molecule has 0 unspecified atom stereocenters. The van der Waals surface area contributed by atoms with Crippen LogP contribution >= 0.6 is 11.8 Å². The molecule has 1 saturated heterocycles. The maximum Gasteiger partial charge on any atom is 0.262 e. The fourth-order valence-corrected chi connectivity index (χ4v) is 8.26. The molecule has 0 radical (unpaired) electrons. The Balaban J connectivity index is 1.26. The number of nitrogens with zero attached hydrogens (tertiary/aromatic N) is 1. The van der Waals surface area contributed by atoms with E-state index >= 15 is 0 Å². The molecule has 7 nitrogen and oxygen atoms in total. The SMILES string of the molecule is CSC[C@H](C(=O)NNC(=O)C12CC3CC(CC(C3)C1)C2)N1C(=O)[C@@H]2CCCC[C@H]2C1=O. The first-order valence-electron chi connectivity index (χ1n) is 11.9. The summed E-state index contributed by atoms with van der Waals surface area (Å²) in [5.41, 5.74) is 4.94. The van der Waals surface area contributed by atoms with Crippen molar-refractivity contribution in [3.63, 3.8) is 0 Å². The van der Waals surface area contributed by atoms with Gasteiger partial charge < -0.3 is 0 Å². The molecule has 8 heteroatoms. The number of hydrogen-bond donors (Lipinski definition) is 2. The third kappa shape index (κ3) is 3.58. The minimum Gasteiger partial charge on any atom is -0.274 e. The van der Waals surface area contributed by atoms with Gasteiger partial charge in [0.15, 0.2) is 0 Å². The van der Waals surface area contributed by atoms with Crippen molar-refractivity contribution in [2.75, 3.05) is 12.0 Å². The summed E-state index contributed by atoms with van der Waals surface area (Å²) >= 11 is 1.42. The van der Waals surface area contributed by atoms with Gasteiger partial charge >= 0.3 is 0 Å². The molecule has 1 heterocycles. The third-order valence-corrected chi connectivity index (χ3v) is 9.28. The fraction of sp³-hybridized carbons (Fsp3) is 0.826. The van der Waals surface area contributed by atoms with E-state index < -0.39 is 11.9 Å². The molecule has 2 N–H and O–H groups in total. The molecule has 1 aliphatic heterocycles. The average molecular weight is 448 g/mol. The Morgan fingerprint density at radius 2 is 1.48 bits per heavy atom. The second kappa shape index (κ2) is 8.09. The zero-order valence-corrected chi connectivity index (χ0v) is 19.0. The lowest BCUT2D eigenvalue weighted by Crippen LogP contribution is -2.60. The van der Waals surface area contributed by atoms with Crippen molar-refractivity contribution in [2.45, 2.75) is 70.3 Å². The van der Waals surface area contributed by atoms with Crippen LogP contribution in [0.4, 0.5) is 0 Å². The van der Waals surface area contributed by atoms with Gasteiger partial charge in [0.25, 0.3) is 5.91 Å². The number of amides is 4. The fourth-order valence-electron chi connectivity index (χ4n) is 7.64. The number of fused-ring (bicyclic) bond motifs is 1. The summed E-state index contributed by atoms with van der Waals surface area (Å²) in [5.74, 6) is 0.715. The zero-order chi connectivity index (χ0) is 21.8. The lowest BCUT2D eigenvalue weighted by Gasteiger charge is -2.55. The maximum atomic E-state index is 13.2. The Morgan fingerprint density at radius 1 is 0.968 bits per heavy atom. The molecule has 31 heavy (non-hydrogen) atoms. The van der Waals surface area contributed by atoms with Crippen molar-refractivity contribution in [1.29, 1.82) is 0 Å². The number of thioether (sulfide) groups is 1. The van der Waals surface area contributed by atoms with Crippen LogP contribution in [-0.2, 0) is 19.2 Å². The molecule has 6 rings (SSSR count). The molecular formula is C23H33N3O4S. The van der Waals surface area contributed by atoms with Crippen molar-refractivity contribution in [1.82, 2.24) is 15.8 Å². The van der Waals surface area contributed by atoms with Crippen molar-refractivity contribution < 1.29 is 19.2 Å². The zero-order valence-electron chi connectivity index (χ0n) is 18.2. The molecule has 4 amide bonds. The average Bonchev–Trinajstić information content (AvgIpc) is 2.99. The number of hydrazine groups is 1. The maximum absolute atomic E-state index is 13.2. The standard InChI is InChI=1S/C23H33N3O4S/c1-31-12-18(26-20(28)16-4-2-3-5-17(16)21(26)29)19(27)24-25-22(30)23-9-13-6-14(10-23)8-15(7-13)11-23/h13-18H,2-12H2,1H3,(H,24,27)(H,25,30)/t13?,14?,15?,16-,17-,18-,23?/m1/s1. The number of hydrogen-bond acceptors (Lipinski definition) is 5. The monoisotopic (exact) mass is 447 g/mol. The van der Waals surface area contributed by atoms with E-state index in [0.29, 0.717) is 23.5 Å². The summed E-state index contributed by atoms with van der Waals surface area (Å²) in [6.45, 7) is 0. The molecule has 0 aromatic carbocycles. The third-order valence-electron chi connectivity index (χ3n) is 8.63. The molecule has 0 aromatic heterocycles. The Kier molecular flexibility index (Phi) is 5.55. The highest BCUT2D eigenvalue weighted by Gasteiger charge is 2.55. The molecule has 4 bridgehead atoms. The first-order chi connectivity index (χ1) is 14.9. The molecule has 0 spiro atoms. The van der Waals surface area contributed by atoms with Crippen molar-refractivity contribution in [2.24, 2.45) is 35.0 Å². The van der Waals surface area contributed by atoms with E-state index in [0.717, 1.165) is 44.9 Å². The lowest BCUT2D eigenvalue weighted by molar-refractivity contribution is -0.151. The molecule has 5 aliphatic carbocycles. The van der Waals surface area contributed by atoms with Crippen LogP contribution in [0.1, 0.15) is 64.2 Å². The number of nitrogens with one attached hydrogen (secondary N) is 2. The number of rotatable bonds is 5. The molecule has 170 valence electrons. The Morgan fingerprint density at radius 3 is 1.97 bits per heavy atom. The minimum atomic E-state index is -0.878. The van der Waals surface area contributed by atoms with Crippen LogP contribution in [0.25, 0.3) is 0 Å². The van der Waals surface area contributed by atoms with Crippen molar-refractivity contribution in [3.8, 4) is 0 Å². The Hall–Kier alpha value is -1.57. The van der Waals surface area contributed by atoms with Crippen LogP contribution in [0.2, 0.25) is 0 Å². The summed E-state index contributed by atoms with van der Waals surface area (Å²) in [5, 5.41) is 0. The van der Waals surface area contributed by atoms with Gasteiger partial charge in [0, 0.05) is 5.75 Å². The van der Waals surface area contributed by atoms with E-state index in [2.05, 4.69) is 10.9 Å². The molecule has 5 saturated carbocycles. The van der Waals surface area contributed by atoms with Gasteiger partial charge in [0.2, 0.25) is 17.7 Å². The van der Waals surface area contributed by atoms with Gasteiger partial charge in [-0.15, -0.1) is 0 Å². The first kappa shape index (κ1) is 21.3. The van der Waals surface area contributed by atoms with Gasteiger partial charge in [0.05, 0.1) is 17.3 Å². The van der Waals surface area contributed by atoms with E-state index in [1.54, 1.807) is 0 Å². The second-order valence-corrected chi connectivity index (χ2v) is 11.6. The van der Waals surface area contributed by atoms with E-state index in [9.17, 15) is 19.2 Å². The van der Waals surface area contributed by atoms with Crippen molar-refractivity contribution >= 4 is 35.4 Å². The van der Waals surface area contributed by atoms with Crippen LogP contribution in [0, 0.1) is 35.0 Å². The Labute approximate surface area is 187 Å². The number of carbonyl (C=O) groups is 4. The lowest BCUT2D eigenvalue weighted by atomic mass is 9.49. The van der Waals surface area contributed by atoms with Gasteiger partial charge in [-0.25, -0.2) is 0 Å². The van der Waals surface area contributed by atoms with Crippen LogP contribution in [0.15, 0.2) is 0 Å². The van der Waals surface area contributed by atoms with Gasteiger partial charge in [-0.05, 0) is 75.4 Å². The summed E-state index contributed by atoms with van der Waals surface area (Å²) < 4.78 is 0. The van der Waals surface area contributed by atoms with Crippen LogP contribution in [0.5, 0.6) is 0 Å². The van der Waals surface area contributed by atoms with E-state index in [4.69, 9.17) is 0 Å². The first-order valence-corrected chi connectivity index (χ1v) is 13.3. The quantitative estimate of drug-likeness (QED) is 0.498. The van der Waals surface area contributed by atoms with Crippen LogP contribution < -0.4 is 10.9 Å². The van der Waals surface area contributed by atoms with E-state index in [1.807, 2.05) is 6.26 Å². The van der Waals surface area contributed by atoms with Gasteiger partial charge in [-0.1, -0.05) is 12.8 Å². The number of carbonyl (C=O) groups excluding carboxylic acids is 4. The van der Waals surface area contributed by atoms with Gasteiger partial charge in [-0.2, -0.15) is 11.8 Å². The Bertz CT molecular complexity index is 740. The largest absolute Gasteiger partial charge is 0.274 e.